The summed E-state index contributed by atoms with van der Waals surface area (Å²) in [5.74, 6) is -0.346. The minimum absolute atomic E-state index is 0.346. The Kier molecular flexibility index (Phi) is 3.46. The minimum atomic E-state index is -0.346. The van der Waals surface area contributed by atoms with Gasteiger partial charge in [0.1, 0.15) is 4.88 Å². The average Bonchev–Trinajstić information content (AvgIpc) is 3.02. The Morgan fingerprint density at radius 2 is 2.15 bits per heavy atom. The molecule has 0 saturated carbocycles. The number of hydrogen-bond acceptors (Lipinski definition) is 5. The Labute approximate surface area is 124 Å². The van der Waals surface area contributed by atoms with Crippen molar-refractivity contribution in [2.75, 3.05) is 12.3 Å². The highest BCUT2D eigenvalue weighted by Crippen LogP contribution is 2.40. The summed E-state index contributed by atoms with van der Waals surface area (Å²) < 4.78 is 6.25. The lowest BCUT2D eigenvalue weighted by Gasteiger charge is -1.98. The molecular formula is C15H13NO2S2. The summed E-state index contributed by atoms with van der Waals surface area (Å²) in [5, 5.41) is 3.29. The highest BCUT2D eigenvalue weighted by atomic mass is 32.1. The smallest absolute Gasteiger partial charge is 0.350 e. The molecular weight excluding hydrogens is 290 g/mol. The van der Waals surface area contributed by atoms with Crippen molar-refractivity contribution < 1.29 is 9.53 Å². The lowest BCUT2D eigenvalue weighted by Crippen LogP contribution is -2.04. The fourth-order valence-electron chi connectivity index (χ4n) is 2.06. The van der Waals surface area contributed by atoms with Crippen LogP contribution in [0, 0.1) is 0 Å². The predicted octanol–water partition coefficient (Wildman–Crippen LogP) is 4.39. The monoisotopic (exact) mass is 303 g/mol. The van der Waals surface area contributed by atoms with Crippen molar-refractivity contribution in [1.29, 1.82) is 0 Å². The summed E-state index contributed by atoms with van der Waals surface area (Å²) in [5.41, 5.74) is 7.54. The molecule has 0 unspecified atom stereocenters. The molecule has 3 aromatic rings. The Balaban J connectivity index is 2.07. The van der Waals surface area contributed by atoms with E-state index in [4.69, 9.17) is 10.5 Å². The molecule has 0 spiro atoms. The number of fused-ring (bicyclic) bond motifs is 1. The first-order valence-electron chi connectivity index (χ1n) is 6.23. The molecule has 102 valence electrons. The van der Waals surface area contributed by atoms with Crippen LogP contribution in [0.3, 0.4) is 0 Å². The normalized spacial score (nSPS) is 10.8. The van der Waals surface area contributed by atoms with Crippen LogP contribution in [0.25, 0.3) is 20.5 Å². The average molecular weight is 303 g/mol. The molecule has 2 aromatic heterocycles. The Bertz CT molecular complexity index is 773. The number of hydrogen-bond donors (Lipinski definition) is 1. The Morgan fingerprint density at radius 1 is 1.35 bits per heavy atom. The number of nitrogen functional groups attached to an aromatic ring is 1. The van der Waals surface area contributed by atoms with E-state index < -0.39 is 0 Å². The maximum atomic E-state index is 11.8. The summed E-state index contributed by atoms with van der Waals surface area (Å²) in [4.78, 5) is 13.3. The van der Waals surface area contributed by atoms with E-state index in [2.05, 4.69) is 17.5 Å². The number of carbonyl (C=O) groups is 1. The van der Waals surface area contributed by atoms with Gasteiger partial charge in [-0.25, -0.2) is 4.79 Å². The van der Waals surface area contributed by atoms with Crippen molar-refractivity contribution in [2.45, 2.75) is 6.92 Å². The van der Waals surface area contributed by atoms with E-state index in [0.29, 0.717) is 17.2 Å². The van der Waals surface area contributed by atoms with Crippen LogP contribution in [-0.4, -0.2) is 12.6 Å². The molecule has 3 rings (SSSR count). The summed E-state index contributed by atoms with van der Waals surface area (Å²) in [6.07, 6.45) is 0. The van der Waals surface area contributed by atoms with Crippen LogP contribution in [0.2, 0.25) is 0 Å². The zero-order valence-corrected chi connectivity index (χ0v) is 12.5. The number of esters is 1. The van der Waals surface area contributed by atoms with Crippen LogP contribution >= 0.6 is 22.7 Å². The molecule has 5 heteroatoms. The van der Waals surface area contributed by atoms with E-state index >= 15 is 0 Å². The molecule has 0 saturated heterocycles. The van der Waals surface area contributed by atoms with Crippen molar-refractivity contribution in [3.05, 3.63) is 40.6 Å². The minimum Gasteiger partial charge on any atom is -0.462 e. The van der Waals surface area contributed by atoms with Gasteiger partial charge in [0, 0.05) is 25.9 Å². The zero-order valence-electron chi connectivity index (χ0n) is 10.9. The molecule has 0 radical (unpaired) electrons. The molecule has 0 amide bonds. The second kappa shape index (κ2) is 5.26. The molecule has 20 heavy (non-hydrogen) atoms. The second-order valence-electron chi connectivity index (χ2n) is 4.26. The molecule has 2 heterocycles. The quantitative estimate of drug-likeness (QED) is 0.730. The van der Waals surface area contributed by atoms with Gasteiger partial charge in [0.2, 0.25) is 0 Å². The first kappa shape index (κ1) is 13.1. The van der Waals surface area contributed by atoms with E-state index in [9.17, 15) is 4.79 Å². The number of benzene rings is 1. The van der Waals surface area contributed by atoms with E-state index in [0.717, 1.165) is 10.4 Å². The fraction of sp³-hybridized carbons (Fsp3) is 0.133. The first-order valence-corrected chi connectivity index (χ1v) is 7.93. The van der Waals surface area contributed by atoms with Crippen LogP contribution in [-0.2, 0) is 4.74 Å². The van der Waals surface area contributed by atoms with Crippen molar-refractivity contribution in [3.8, 4) is 10.4 Å². The standard InChI is InChI=1S/C15H13NO2S2/c1-2-18-15(17)14-11(16)7-13(20-14)10-8-19-12-6-4-3-5-9(10)12/h3-8H,2,16H2,1H3. The van der Waals surface area contributed by atoms with Crippen LogP contribution in [0.1, 0.15) is 16.6 Å². The topological polar surface area (TPSA) is 52.3 Å². The van der Waals surface area contributed by atoms with Gasteiger partial charge in [-0.1, -0.05) is 18.2 Å². The SMILES string of the molecule is CCOC(=O)c1sc(-c2csc3ccccc23)cc1N. The van der Waals surface area contributed by atoms with Gasteiger partial charge in [-0.2, -0.15) is 0 Å². The maximum Gasteiger partial charge on any atom is 0.350 e. The molecule has 0 aliphatic rings. The maximum absolute atomic E-state index is 11.8. The van der Waals surface area contributed by atoms with E-state index in [-0.39, 0.29) is 5.97 Å². The van der Waals surface area contributed by atoms with Crippen LogP contribution in [0.4, 0.5) is 5.69 Å². The number of thiophene rings is 2. The van der Waals surface area contributed by atoms with Crippen molar-refractivity contribution in [1.82, 2.24) is 0 Å². The number of nitrogens with two attached hydrogens (primary N) is 1. The van der Waals surface area contributed by atoms with Gasteiger partial charge in [0.15, 0.2) is 0 Å². The predicted molar refractivity (Wildman–Crippen MR) is 85.5 cm³/mol. The number of rotatable bonds is 3. The Hall–Kier alpha value is -1.85. The molecule has 0 fully saturated rings. The lowest BCUT2D eigenvalue weighted by atomic mass is 10.1. The van der Waals surface area contributed by atoms with Gasteiger partial charge < -0.3 is 10.5 Å². The molecule has 0 aliphatic heterocycles. The third-order valence-corrected chi connectivity index (χ3v) is 5.10. The molecule has 0 bridgehead atoms. The first-order chi connectivity index (χ1) is 9.70. The van der Waals surface area contributed by atoms with Gasteiger partial charge in [-0.3, -0.25) is 0 Å². The highest BCUT2D eigenvalue weighted by molar-refractivity contribution is 7.20. The summed E-state index contributed by atoms with van der Waals surface area (Å²) in [6.45, 7) is 2.14. The van der Waals surface area contributed by atoms with E-state index in [1.807, 2.05) is 18.2 Å². The third-order valence-electron chi connectivity index (χ3n) is 2.97. The second-order valence-corrected chi connectivity index (χ2v) is 6.22. The number of carbonyl (C=O) groups excluding carboxylic acids is 1. The largest absolute Gasteiger partial charge is 0.462 e. The Morgan fingerprint density at radius 3 is 2.95 bits per heavy atom. The lowest BCUT2D eigenvalue weighted by molar-refractivity contribution is 0.0533. The van der Waals surface area contributed by atoms with Gasteiger partial charge >= 0.3 is 5.97 Å². The van der Waals surface area contributed by atoms with Crippen LogP contribution < -0.4 is 5.73 Å². The van der Waals surface area contributed by atoms with Crippen molar-refractivity contribution in [2.24, 2.45) is 0 Å². The number of anilines is 1. The van der Waals surface area contributed by atoms with Gasteiger partial charge in [-0.05, 0) is 19.1 Å². The third kappa shape index (κ3) is 2.19. The molecule has 2 N–H and O–H groups in total. The zero-order chi connectivity index (χ0) is 14.1. The number of ether oxygens (including phenoxy) is 1. The van der Waals surface area contributed by atoms with E-state index in [1.54, 1.807) is 18.3 Å². The van der Waals surface area contributed by atoms with Gasteiger partial charge in [0.05, 0.1) is 12.3 Å². The van der Waals surface area contributed by atoms with Crippen molar-refractivity contribution in [3.63, 3.8) is 0 Å². The van der Waals surface area contributed by atoms with Gasteiger partial charge in [-0.15, -0.1) is 22.7 Å². The summed E-state index contributed by atoms with van der Waals surface area (Å²) in [7, 11) is 0. The molecule has 3 nitrogen and oxygen atoms in total. The fourth-order valence-corrected chi connectivity index (χ4v) is 4.10. The van der Waals surface area contributed by atoms with Gasteiger partial charge in [0.25, 0.3) is 0 Å². The van der Waals surface area contributed by atoms with Crippen molar-refractivity contribution >= 4 is 44.4 Å². The molecule has 1 aromatic carbocycles. The summed E-state index contributed by atoms with van der Waals surface area (Å²) in [6, 6.07) is 10.1. The van der Waals surface area contributed by atoms with E-state index in [1.165, 1.54) is 21.4 Å². The molecule has 0 atom stereocenters. The summed E-state index contributed by atoms with van der Waals surface area (Å²) >= 11 is 3.08. The van der Waals surface area contributed by atoms with Crippen LogP contribution in [0.15, 0.2) is 35.7 Å². The van der Waals surface area contributed by atoms with Crippen LogP contribution in [0.5, 0.6) is 0 Å². The molecule has 0 aliphatic carbocycles. The highest BCUT2D eigenvalue weighted by Gasteiger charge is 2.17.